The van der Waals surface area contributed by atoms with Gasteiger partial charge in [0.25, 0.3) is 0 Å². The average Bonchev–Trinajstić information content (AvgIpc) is 3.00. The summed E-state index contributed by atoms with van der Waals surface area (Å²) in [4.78, 5) is 16.4. The van der Waals surface area contributed by atoms with Gasteiger partial charge in [-0.3, -0.25) is 5.10 Å². The van der Waals surface area contributed by atoms with Gasteiger partial charge in [-0.2, -0.15) is 5.10 Å². The highest BCUT2D eigenvalue weighted by Gasteiger charge is 2.29. The van der Waals surface area contributed by atoms with Crippen LogP contribution in [0.25, 0.3) is 0 Å². The second-order valence-corrected chi connectivity index (χ2v) is 6.58. The number of amides is 1. The summed E-state index contributed by atoms with van der Waals surface area (Å²) in [7, 11) is 0. The van der Waals surface area contributed by atoms with Gasteiger partial charge in [0, 0.05) is 31.2 Å². The van der Waals surface area contributed by atoms with Crippen molar-refractivity contribution in [3.05, 3.63) is 18.0 Å². The Morgan fingerprint density at radius 1 is 1.26 bits per heavy atom. The highest BCUT2D eigenvalue weighted by molar-refractivity contribution is 5.67. The van der Waals surface area contributed by atoms with E-state index in [0.29, 0.717) is 18.6 Å². The van der Waals surface area contributed by atoms with Crippen LogP contribution in [-0.2, 0) is 4.74 Å². The van der Waals surface area contributed by atoms with E-state index in [1.54, 1.807) is 0 Å². The van der Waals surface area contributed by atoms with E-state index in [-0.39, 0.29) is 6.09 Å². The lowest BCUT2D eigenvalue weighted by atomic mass is 9.92. The Hall–Kier alpha value is -1.56. The first-order valence-corrected chi connectivity index (χ1v) is 8.93. The molecule has 1 N–H and O–H groups in total. The molecule has 0 saturated carbocycles. The van der Waals surface area contributed by atoms with Crippen LogP contribution >= 0.6 is 0 Å². The summed E-state index contributed by atoms with van der Waals surface area (Å²) in [6.07, 6.45) is 7.45. The molecule has 3 heterocycles. The van der Waals surface area contributed by atoms with Gasteiger partial charge in [0.2, 0.25) is 0 Å². The van der Waals surface area contributed by atoms with Crippen molar-refractivity contribution >= 4 is 6.09 Å². The lowest BCUT2D eigenvalue weighted by Gasteiger charge is -2.37. The first kappa shape index (κ1) is 16.3. The lowest BCUT2D eigenvalue weighted by Crippen LogP contribution is -2.41. The molecule has 1 aromatic heterocycles. The van der Waals surface area contributed by atoms with Crippen molar-refractivity contribution in [2.45, 2.75) is 51.0 Å². The van der Waals surface area contributed by atoms with Crippen LogP contribution in [0.4, 0.5) is 4.79 Å². The fourth-order valence-electron chi connectivity index (χ4n) is 3.90. The molecule has 2 saturated heterocycles. The third-order valence-electron chi connectivity index (χ3n) is 5.21. The van der Waals surface area contributed by atoms with Crippen LogP contribution in [-0.4, -0.2) is 64.9 Å². The zero-order valence-corrected chi connectivity index (χ0v) is 14.0. The number of ether oxygens (including phenoxy) is 1. The average molecular weight is 320 g/mol. The SMILES string of the molecule is CCOC(=O)N1CCCC(N2CCC(c3cc[nH]n3)CC2)CC1. The van der Waals surface area contributed by atoms with Gasteiger partial charge < -0.3 is 14.5 Å². The van der Waals surface area contributed by atoms with Gasteiger partial charge in [-0.25, -0.2) is 4.79 Å². The molecule has 0 bridgehead atoms. The number of nitrogens with one attached hydrogen (secondary N) is 1. The topological polar surface area (TPSA) is 61.5 Å². The third kappa shape index (κ3) is 4.05. The molecule has 2 aliphatic rings. The molecular formula is C17H28N4O2. The van der Waals surface area contributed by atoms with E-state index >= 15 is 0 Å². The number of carbonyl (C=O) groups is 1. The van der Waals surface area contributed by atoms with Crippen molar-refractivity contribution < 1.29 is 9.53 Å². The minimum Gasteiger partial charge on any atom is -0.450 e. The summed E-state index contributed by atoms with van der Waals surface area (Å²) in [6, 6.07) is 2.71. The molecule has 0 radical (unpaired) electrons. The van der Waals surface area contributed by atoms with Gasteiger partial charge in [0.1, 0.15) is 0 Å². The first-order valence-electron chi connectivity index (χ1n) is 8.93. The van der Waals surface area contributed by atoms with Crippen molar-refractivity contribution in [3.63, 3.8) is 0 Å². The van der Waals surface area contributed by atoms with Crippen LogP contribution in [0, 0.1) is 0 Å². The molecule has 128 valence electrons. The Morgan fingerprint density at radius 3 is 2.78 bits per heavy atom. The van der Waals surface area contributed by atoms with Crippen LogP contribution in [0.3, 0.4) is 0 Å². The fraction of sp³-hybridized carbons (Fsp3) is 0.765. The number of hydrogen-bond donors (Lipinski definition) is 1. The summed E-state index contributed by atoms with van der Waals surface area (Å²) in [5, 5.41) is 7.26. The van der Waals surface area contributed by atoms with Gasteiger partial charge in [0.15, 0.2) is 0 Å². The minimum atomic E-state index is -0.148. The monoisotopic (exact) mass is 320 g/mol. The molecule has 2 fully saturated rings. The maximum absolute atomic E-state index is 11.9. The Morgan fingerprint density at radius 2 is 2.09 bits per heavy atom. The second kappa shape index (κ2) is 7.81. The van der Waals surface area contributed by atoms with E-state index in [0.717, 1.165) is 39.0 Å². The quantitative estimate of drug-likeness (QED) is 0.930. The van der Waals surface area contributed by atoms with Crippen molar-refractivity contribution in [3.8, 4) is 0 Å². The standard InChI is InChI=1S/C17H28N4O2/c1-2-23-17(22)21-10-3-4-15(8-13-21)20-11-6-14(7-12-20)16-5-9-18-19-16/h5,9,14-15H,2-4,6-8,10-13H2,1H3,(H,18,19). The first-order chi connectivity index (χ1) is 11.3. The summed E-state index contributed by atoms with van der Waals surface area (Å²) in [5.41, 5.74) is 1.21. The molecule has 0 aliphatic carbocycles. The van der Waals surface area contributed by atoms with Crippen molar-refractivity contribution in [2.24, 2.45) is 0 Å². The van der Waals surface area contributed by atoms with E-state index in [1.807, 2.05) is 18.0 Å². The Balaban J connectivity index is 1.48. The van der Waals surface area contributed by atoms with E-state index < -0.39 is 0 Å². The molecule has 1 atom stereocenters. The van der Waals surface area contributed by atoms with Crippen LogP contribution in [0.15, 0.2) is 12.3 Å². The minimum absolute atomic E-state index is 0.148. The number of rotatable bonds is 3. The molecule has 0 spiro atoms. The highest BCUT2D eigenvalue weighted by Crippen LogP contribution is 2.29. The Kier molecular flexibility index (Phi) is 5.54. The van der Waals surface area contributed by atoms with Crippen molar-refractivity contribution in [2.75, 3.05) is 32.8 Å². The predicted octanol–water partition coefficient (Wildman–Crippen LogP) is 2.60. The molecule has 0 aromatic carbocycles. The van der Waals surface area contributed by atoms with Gasteiger partial charge >= 0.3 is 6.09 Å². The summed E-state index contributed by atoms with van der Waals surface area (Å²) < 4.78 is 5.14. The van der Waals surface area contributed by atoms with Gasteiger partial charge in [-0.15, -0.1) is 0 Å². The third-order valence-corrected chi connectivity index (χ3v) is 5.21. The normalized spacial score (nSPS) is 24.4. The van der Waals surface area contributed by atoms with Crippen LogP contribution < -0.4 is 0 Å². The molecule has 23 heavy (non-hydrogen) atoms. The number of hydrogen-bond acceptors (Lipinski definition) is 4. The Labute approximate surface area is 138 Å². The van der Waals surface area contributed by atoms with Gasteiger partial charge in [0.05, 0.1) is 12.3 Å². The van der Waals surface area contributed by atoms with E-state index in [2.05, 4.69) is 21.2 Å². The summed E-state index contributed by atoms with van der Waals surface area (Å²) in [6.45, 7) is 6.26. The zero-order chi connectivity index (χ0) is 16.1. The maximum Gasteiger partial charge on any atom is 0.409 e. The maximum atomic E-state index is 11.9. The van der Waals surface area contributed by atoms with E-state index in [4.69, 9.17) is 4.74 Å². The zero-order valence-electron chi connectivity index (χ0n) is 14.0. The number of likely N-dealkylation sites (tertiary alicyclic amines) is 2. The van der Waals surface area contributed by atoms with Crippen LogP contribution in [0.1, 0.15) is 50.6 Å². The number of carbonyl (C=O) groups excluding carboxylic acids is 1. The molecule has 6 heteroatoms. The van der Waals surface area contributed by atoms with Gasteiger partial charge in [-0.1, -0.05) is 0 Å². The summed E-state index contributed by atoms with van der Waals surface area (Å²) in [5.74, 6) is 0.597. The van der Waals surface area contributed by atoms with Gasteiger partial charge in [-0.05, 0) is 58.2 Å². The second-order valence-electron chi connectivity index (χ2n) is 6.58. The predicted molar refractivity (Wildman–Crippen MR) is 88.4 cm³/mol. The molecule has 6 nitrogen and oxygen atoms in total. The lowest BCUT2D eigenvalue weighted by molar-refractivity contribution is 0.105. The highest BCUT2D eigenvalue weighted by atomic mass is 16.6. The largest absolute Gasteiger partial charge is 0.450 e. The van der Waals surface area contributed by atoms with E-state index in [1.165, 1.54) is 25.0 Å². The molecule has 2 aliphatic heterocycles. The molecular weight excluding hydrogens is 292 g/mol. The number of piperidine rings is 1. The van der Waals surface area contributed by atoms with Crippen molar-refractivity contribution in [1.29, 1.82) is 0 Å². The smallest absolute Gasteiger partial charge is 0.409 e. The molecule has 3 rings (SSSR count). The summed E-state index contributed by atoms with van der Waals surface area (Å²) >= 11 is 0. The van der Waals surface area contributed by atoms with Crippen LogP contribution in [0.5, 0.6) is 0 Å². The fourth-order valence-corrected chi connectivity index (χ4v) is 3.90. The number of H-pyrrole nitrogens is 1. The molecule has 1 aromatic rings. The number of nitrogens with zero attached hydrogens (tertiary/aromatic N) is 3. The number of aromatic nitrogens is 2. The van der Waals surface area contributed by atoms with Crippen LogP contribution in [0.2, 0.25) is 0 Å². The van der Waals surface area contributed by atoms with Crippen molar-refractivity contribution in [1.82, 2.24) is 20.0 Å². The Bertz CT molecular complexity index is 483. The number of aromatic amines is 1. The van der Waals surface area contributed by atoms with E-state index in [9.17, 15) is 4.79 Å². The molecule has 1 unspecified atom stereocenters. The molecule has 1 amide bonds.